The molecule has 0 N–H and O–H groups in total. The summed E-state index contributed by atoms with van der Waals surface area (Å²) in [6, 6.07) is 13.9. The molecule has 3 heterocycles. The summed E-state index contributed by atoms with van der Waals surface area (Å²) in [5.41, 5.74) is 2.51. The number of likely N-dealkylation sites (tertiary alicyclic amines) is 1. The summed E-state index contributed by atoms with van der Waals surface area (Å²) in [4.78, 5) is 19.7. The van der Waals surface area contributed by atoms with Crippen LogP contribution in [-0.4, -0.2) is 45.3 Å². The van der Waals surface area contributed by atoms with Gasteiger partial charge in [0.1, 0.15) is 11.4 Å². The van der Waals surface area contributed by atoms with E-state index in [2.05, 4.69) is 10.1 Å². The SMILES string of the molecule is COc1ccccc1-n1cc(C(=O)N2CCCC[C@H]2CCc2ccccn2)cn1. The molecule has 0 aliphatic carbocycles. The third-order valence-corrected chi connectivity index (χ3v) is 5.51. The van der Waals surface area contributed by atoms with E-state index in [4.69, 9.17) is 4.74 Å². The molecule has 0 bridgehead atoms. The fourth-order valence-corrected chi connectivity index (χ4v) is 3.98. The van der Waals surface area contributed by atoms with E-state index in [1.54, 1.807) is 24.2 Å². The Morgan fingerprint density at radius 2 is 2.03 bits per heavy atom. The first-order chi connectivity index (χ1) is 14.3. The number of hydrogen-bond acceptors (Lipinski definition) is 4. The van der Waals surface area contributed by atoms with E-state index >= 15 is 0 Å². The van der Waals surface area contributed by atoms with Crippen LogP contribution in [0.2, 0.25) is 0 Å². The van der Waals surface area contributed by atoms with Crippen molar-refractivity contribution in [1.29, 1.82) is 0 Å². The van der Waals surface area contributed by atoms with Crippen LogP contribution in [0.4, 0.5) is 0 Å². The number of benzene rings is 1. The Labute approximate surface area is 171 Å². The van der Waals surface area contributed by atoms with Gasteiger partial charge in [-0.15, -0.1) is 0 Å². The van der Waals surface area contributed by atoms with E-state index in [-0.39, 0.29) is 11.9 Å². The summed E-state index contributed by atoms with van der Waals surface area (Å²) in [5, 5.41) is 4.41. The molecule has 1 amide bonds. The summed E-state index contributed by atoms with van der Waals surface area (Å²) < 4.78 is 7.12. The quantitative estimate of drug-likeness (QED) is 0.640. The molecule has 1 fully saturated rings. The number of amides is 1. The first-order valence-electron chi connectivity index (χ1n) is 10.1. The van der Waals surface area contributed by atoms with Crippen molar-refractivity contribution >= 4 is 5.91 Å². The number of carbonyl (C=O) groups is 1. The molecule has 1 saturated heterocycles. The van der Waals surface area contributed by atoms with E-state index < -0.39 is 0 Å². The molecule has 0 unspecified atom stereocenters. The fraction of sp³-hybridized carbons (Fsp3) is 0.348. The van der Waals surface area contributed by atoms with Gasteiger partial charge < -0.3 is 9.64 Å². The first kappa shape index (κ1) is 19.2. The Kier molecular flexibility index (Phi) is 5.89. The molecular formula is C23H26N4O2. The number of ether oxygens (including phenoxy) is 1. The normalized spacial score (nSPS) is 16.6. The zero-order valence-electron chi connectivity index (χ0n) is 16.7. The van der Waals surface area contributed by atoms with E-state index in [9.17, 15) is 4.79 Å². The lowest BCUT2D eigenvalue weighted by molar-refractivity contribution is 0.0601. The summed E-state index contributed by atoms with van der Waals surface area (Å²) in [7, 11) is 1.63. The summed E-state index contributed by atoms with van der Waals surface area (Å²) in [5.74, 6) is 0.776. The van der Waals surface area contributed by atoms with Crippen molar-refractivity contribution in [1.82, 2.24) is 19.7 Å². The second-order valence-electron chi connectivity index (χ2n) is 7.35. The molecule has 6 nitrogen and oxygen atoms in total. The topological polar surface area (TPSA) is 60.2 Å². The van der Waals surface area contributed by atoms with E-state index in [1.165, 1.54) is 0 Å². The summed E-state index contributed by atoms with van der Waals surface area (Å²) in [6.07, 6.45) is 10.3. The van der Waals surface area contributed by atoms with Gasteiger partial charge >= 0.3 is 0 Å². The second-order valence-corrected chi connectivity index (χ2v) is 7.35. The largest absolute Gasteiger partial charge is 0.494 e. The zero-order chi connectivity index (χ0) is 20.1. The number of aromatic nitrogens is 3. The third-order valence-electron chi connectivity index (χ3n) is 5.51. The zero-order valence-corrected chi connectivity index (χ0v) is 16.7. The average molecular weight is 390 g/mol. The Hall–Kier alpha value is -3.15. The van der Waals surface area contributed by atoms with Gasteiger partial charge in [-0.2, -0.15) is 5.10 Å². The van der Waals surface area contributed by atoms with Crippen LogP contribution >= 0.6 is 0 Å². The molecule has 2 aromatic heterocycles. The van der Waals surface area contributed by atoms with Gasteiger partial charge in [-0.3, -0.25) is 9.78 Å². The van der Waals surface area contributed by atoms with Crippen LogP contribution in [0.5, 0.6) is 5.75 Å². The Bertz CT molecular complexity index is 954. The first-order valence-corrected chi connectivity index (χ1v) is 10.1. The molecule has 29 heavy (non-hydrogen) atoms. The minimum atomic E-state index is 0.0527. The Balaban J connectivity index is 1.49. The number of methoxy groups -OCH3 is 1. The number of para-hydroxylation sites is 2. The summed E-state index contributed by atoms with van der Waals surface area (Å²) >= 11 is 0. The highest BCUT2D eigenvalue weighted by atomic mass is 16.5. The van der Waals surface area contributed by atoms with E-state index in [0.717, 1.165) is 55.8 Å². The highest BCUT2D eigenvalue weighted by molar-refractivity contribution is 5.94. The minimum Gasteiger partial charge on any atom is -0.494 e. The van der Waals surface area contributed by atoms with Gasteiger partial charge in [-0.05, 0) is 56.4 Å². The third kappa shape index (κ3) is 4.31. The highest BCUT2D eigenvalue weighted by Crippen LogP contribution is 2.25. The van der Waals surface area contributed by atoms with Crippen molar-refractivity contribution in [3.8, 4) is 11.4 Å². The van der Waals surface area contributed by atoms with Gasteiger partial charge in [0.25, 0.3) is 5.91 Å². The molecule has 3 aromatic rings. The second kappa shape index (κ2) is 8.90. The minimum absolute atomic E-state index is 0.0527. The number of piperidine rings is 1. The van der Waals surface area contributed by atoms with Crippen molar-refractivity contribution in [3.63, 3.8) is 0 Å². The predicted octanol–water partition coefficient (Wildman–Crippen LogP) is 3.90. The van der Waals surface area contributed by atoms with Gasteiger partial charge in [0, 0.05) is 30.7 Å². The molecule has 1 atom stereocenters. The number of nitrogens with zero attached hydrogens (tertiary/aromatic N) is 4. The molecule has 150 valence electrons. The monoisotopic (exact) mass is 390 g/mol. The molecule has 1 aromatic carbocycles. The lowest BCUT2D eigenvalue weighted by Crippen LogP contribution is -2.43. The van der Waals surface area contributed by atoms with Crippen LogP contribution in [0.1, 0.15) is 41.7 Å². The van der Waals surface area contributed by atoms with Gasteiger partial charge in [0.15, 0.2) is 0 Å². The average Bonchev–Trinajstić information content (AvgIpc) is 3.28. The molecule has 0 radical (unpaired) electrons. The van der Waals surface area contributed by atoms with Crippen LogP contribution in [-0.2, 0) is 6.42 Å². The number of rotatable bonds is 6. The van der Waals surface area contributed by atoms with Crippen LogP contribution in [0.25, 0.3) is 5.69 Å². The van der Waals surface area contributed by atoms with Crippen molar-refractivity contribution in [2.75, 3.05) is 13.7 Å². The fourth-order valence-electron chi connectivity index (χ4n) is 3.98. The summed E-state index contributed by atoms with van der Waals surface area (Å²) in [6.45, 7) is 0.797. The number of aryl methyl sites for hydroxylation is 1. The van der Waals surface area contributed by atoms with Gasteiger partial charge in [0.2, 0.25) is 0 Å². The van der Waals surface area contributed by atoms with Crippen LogP contribution in [0.15, 0.2) is 61.1 Å². The highest BCUT2D eigenvalue weighted by Gasteiger charge is 2.28. The van der Waals surface area contributed by atoms with Crippen LogP contribution in [0, 0.1) is 0 Å². The van der Waals surface area contributed by atoms with E-state index in [1.807, 2.05) is 53.6 Å². The van der Waals surface area contributed by atoms with Crippen molar-refractivity contribution < 1.29 is 9.53 Å². The molecule has 4 rings (SSSR count). The van der Waals surface area contributed by atoms with Crippen molar-refractivity contribution in [2.45, 2.75) is 38.1 Å². The van der Waals surface area contributed by atoms with Crippen LogP contribution in [0.3, 0.4) is 0 Å². The molecular weight excluding hydrogens is 364 g/mol. The van der Waals surface area contributed by atoms with E-state index in [0.29, 0.717) is 5.56 Å². The van der Waals surface area contributed by atoms with Gasteiger partial charge in [0.05, 0.1) is 18.9 Å². The Morgan fingerprint density at radius 3 is 2.86 bits per heavy atom. The maximum atomic E-state index is 13.2. The number of carbonyl (C=O) groups excluding carboxylic acids is 1. The van der Waals surface area contributed by atoms with Gasteiger partial charge in [-0.25, -0.2) is 4.68 Å². The van der Waals surface area contributed by atoms with Crippen LogP contribution < -0.4 is 4.74 Å². The molecule has 1 aliphatic heterocycles. The van der Waals surface area contributed by atoms with Gasteiger partial charge in [-0.1, -0.05) is 18.2 Å². The lowest BCUT2D eigenvalue weighted by Gasteiger charge is -2.35. The molecule has 1 aliphatic rings. The maximum Gasteiger partial charge on any atom is 0.257 e. The number of pyridine rings is 1. The Morgan fingerprint density at radius 1 is 1.17 bits per heavy atom. The van der Waals surface area contributed by atoms with Crippen molar-refractivity contribution in [3.05, 3.63) is 72.3 Å². The number of hydrogen-bond donors (Lipinski definition) is 0. The predicted molar refractivity (Wildman–Crippen MR) is 111 cm³/mol. The molecule has 0 saturated carbocycles. The maximum absolute atomic E-state index is 13.2. The molecule has 0 spiro atoms. The smallest absolute Gasteiger partial charge is 0.257 e. The lowest BCUT2D eigenvalue weighted by atomic mass is 9.96. The van der Waals surface area contributed by atoms with Crippen molar-refractivity contribution in [2.24, 2.45) is 0 Å². The molecule has 6 heteroatoms. The standard InChI is InChI=1S/C23H26N4O2/c1-29-22-11-3-2-10-21(22)27-17-18(16-25-27)23(28)26-15-7-5-9-20(26)13-12-19-8-4-6-14-24-19/h2-4,6,8,10-11,14,16-17,20H,5,7,9,12-13,15H2,1H3/t20-/m0/s1.